The van der Waals surface area contributed by atoms with Gasteiger partial charge in [0.2, 0.25) is 0 Å². The summed E-state index contributed by atoms with van der Waals surface area (Å²) >= 11 is 0. The fraction of sp³-hybridized carbons (Fsp3) is 0.273. The van der Waals surface area contributed by atoms with Gasteiger partial charge in [0, 0.05) is 29.5 Å². The van der Waals surface area contributed by atoms with Crippen LogP contribution in [0.5, 0.6) is 0 Å². The Hall–Kier alpha value is -3.23. The summed E-state index contributed by atoms with van der Waals surface area (Å²) in [6.07, 6.45) is 2.70. The van der Waals surface area contributed by atoms with Crippen molar-refractivity contribution in [1.29, 1.82) is 0 Å². The fourth-order valence-corrected chi connectivity index (χ4v) is 2.66. The first-order valence-electron chi connectivity index (χ1n) is 9.33. The summed E-state index contributed by atoms with van der Waals surface area (Å²) in [4.78, 5) is 2.61. The van der Waals surface area contributed by atoms with E-state index in [1.807, 2.05) is 0 Å². The van der Waals surface area contributed by atoms with Crippen LogP contribution >= 0.6 is 0 Å². The van der Waals surface area contributed by atoms with Crippen LogP contribution in [0.15, 0.2) is 54.7 Å². The first-order chi connectivity index (χ1) is 15.1. The lowest BCUT2D eigenvalue weighted by molar-refractivity contribution is 0.177. The van der Waals surface area contributed by atoms with Gasteiger partial charge >= 0.3 is 0 Å². The first-order valence-corrected chi connectivity index (χ1v) is 9.33. The van der Waals surface area contributed by atoms with E-state index in [0.717, 1.165) is 12.1 Å². The molecule has 0 heterocycles. The van der Waals surface area contributed by atoms with Crippen molar-refractivity contribution in [3.05, 3.63) is 106 Å². The molecule has 0 spiro atoms. The second kappa shape index (κ2) is 13.2. The molecule has 0 amide bonds. The minimum atomic E-state index is -1.24. The summed E-state index contributed by atoms with van der Waals surface area (Å²) in [5.74, 6) is -6.41. The molecule has 2 atom stereocenters. The zero-order chi connectivity index (χ0) is 24.3. The van der Waals surface area contributed by atoms with Gasteiger partial charge in [-0.05, 0) is 48.1 Å². The molecule has 1 N–H and O–H groups in total. The van der Waals surface area contributed by atoms with Gasteiger partial charge in [0.05, 0.1) is 6.10 Å². The largest absolute Gasteiger partial charge is 0.392 e. The van der Waals surface area contributed by atoms with E-state index in [1.54, 1.807) is 0 Å². The highest BCUT2D eigenvalue weighted by atomic mass is 19.2. The predicted octanol–water partition coefficient (Wildman–Crippen LogP) is 6.48. The van der Waals surface area contributed by atoms with Crippen LogP contribution in [0.3, 0.4) is 0 Å². The summed E-state index contributed by atoms with van der Waals surface area (Å²) in [6, 6.07) is 1.93. The monoisotopic (exact) mass is 457 g/mol. The lowest BCUT2D eigenvalue weighted by atomic mass is 10.0. The van der Waals surface area contributed by atoms with Crippen LogP contribution in [-0.2, 0) is 12.8 Å². The van der Waals surface area contributed by atoms with E-state index in [0.29, 0.717) is 18.6 Å². The van der Waals surface area contributed by atoms with Crippen molar-refractivity contribution in [3.63, 3.8) is 0 Å². The number of aliphatic hydroxyl groups is 1. The van der Waals surface area contributed by atoms with Gasteiger partial charge < -0.3 is 5.11 Å². The second-order valence-electron chi connectivity index (χ2n) is 6.69. The minimum absolute atomic E-state index is 0.000880. The Morgan fingerprint density at radius 3 is 1.66 bits per heavy atom. The number of hydrogen-bond donors (Lipinski definition) is 1. The molecule has 2 rings (SSSR count). The van der Waals surface area contributed by atoms with E-state index >= 15 is 0 Å². The Labute approximate surface area is 181 Å². The highest BCUT2D eigenvalue weighted by Crippen LogP contribution is 2.18. The molecule has 0 fully saturated rings. The number of nitrogens with zero attached hydrogens (tertiary/aromatic N) is 3. The highest BCUT2D eigenvalue weighted by Gasteiger charge is 2.14. The van der Waals surface area contributed by atoms with Gasteiger partial charge in [-0.25, -0.2) is 26.3 Å². The van der Waals surface area contributed by atoms with Gasteiger partial charge in [0.25, 0.3) is 0 Å². The third kappa shape index (κ3) is 8.49. The Balaban J connectivity index is 0.000000323. The molecule has 0 aliphatic heterocycles. The summed E-state index contributed by atoms with van der Waals surface area (Å²) in [5, 5.41) is 12.8. The Morgan fingerprint density at radius 1 is 0.781 bits per heavy atom. The molecule has 0 bridgehead atoms. The van der Waals surface area contributed by atoms with Crippen LogP contribution in [0.2, 0.25) is 0 Å². The van der Waals surface area contributed by atoms with E-state index in [-0.39, 0.29) is 30.4 Å². The van der Waals surface area contributed by atoms with E-state index in [4.69, 9.17) is 5.53 Å². The van der Waals surface area contributed by atoms with Gasteiger partial charge in [-0.3, -0.25) is 0 Å². The Kier molecular flexibility index (Phi) is 11.1. The predicted molar refractivity (Wildman–Crippen MR) is 109 cm³/mol. The smallest absolute Gasteiger partial charge is 0.161 e. The van der Waals surface area contributed by atoms with Gasteiger partial charge in [0.1, 0.15) is 11.6 Å². The average Bonchev–Trinajstić information content (AvgIpc) is 2.71. The summed E-state index contributed by atoms with van der Waals surface area (Å²) in [7, 11) is 0. The molecule has 0 radical (unpaired) electrons. The average molecular weight is 457 g/mol. The maximum absolute atomic E-state index is 13.3. The quantitative estimate of drug-likeness (QED) is 0.115. The van der Waals surface area contributed by atoms with Crippen LogP contribution in [-0.4, -0.2) is 17.3 Å². The molecule has 2 aromatic rings. The van der Waals surface area contributed by atoms with Crippen molar-refractivity contribution in [2.24, 2.45) is 5.11 Å². The van der Waals surface area contributed by atoms with E-state index in [9.17, 15) is 31.4 Å². The molecule has 0 saturated heterocycles. The van der Waals surface area contributed by atoms with Gasteiger partial charge in [-0.15, -0.1) is 13.2 Å². The molecule has 32 heavy (non-hydrogen) atoms. The second-order valence-corrected chi connectivity index (χ2v) is 6.69. The van der Waals surface area contributed by atoms with Crippen LogP contribution < -0.4 is 0 Å². The van der Waals surface area contributed by atoms with Crippen molar-refractivity contribution in [1.82, 2.24) is 0 Å². The molecule has 4 nitrogen and oxygen atoms in total. The van der Waals surface area contributed by atoms with E-state index < -0.39 is 47.0 Å². The molecular weight excluding hydrogens is 436 g/mol. The first kappa shape index (κ1) is 26.8. The van der Waals surface area contributed by atoms with Crippen molar-refractivity contribution in [2.45, 2.75) is 37.8 Å². The van der Waals surface area contributed by atoms with Gasteiger partial charge in [-0.1, -0.05) is 17.3 Å². The molecule has 0 saturated carbocycles. The SMILES string of the molecule is C=CCC(Cc1cc(F)c(F)cc1F)N=[N+]=[N-].C=CC[C@@H](O)Cc1cc(F)c(F)cc1F. The van der Waals surface area contributed by atoms with Crippen LogP contribution in [0.25, 0.3) is 10.4 Å². The molecule has 172 valence electrons. The van der Waals surface area contributed by atoms with Crippen LogP contribution in [0, 0.1) is 34.9 Å². The van der Waals surface area contributed by atoms with Crippen molar-refractivity contribution < 1.29 is 31.4 Å². The zero-order valence-electron chi connectivity index (χ0n) is 16.9. The zero-order valence-corrected chi connectivity index (χ0v) is 16.9. The molecule has 0 aliphatic carbocycles. The normalized spacial score (nSPS) is 12.1. The Morgan fingerprint density at radius 2 is 1.22 bits per heavy atom. The molecule has 0 aromatic heterocycles. The lowest BCUT2D eigenvalue weighted by Gasteiger charge is -2.09. The van der Waals surface area contributed by atoms with E-state index in [1.165, 1.54) is 12.2 Å². The standard InChI is InChI=1S/C11H10F3N3.C11H11F3O/c1-2-3-8(16-17-15)4-7-5-10(13)11(14)6-9(7)12;1-2-3-8(15)4-7-5-10(13)11(14)6-9(7)12/h2,5-6,8H,1,3-4H2;2,5-6,8,15H,1,3-4H2/t;8-/m.1/s1. The molecule has 0 aliphatic rings. The maximum atomic E-state index is 13.3. The third-order valence-electron chi connectivity index (χ3n) is 4.18. The summed E-state index contributed by atoms with van der Waals surface area (Å²) < 4.78 is 77.3. The van der Waals surface area contributed by atoms with Crippen molar-refractivity contribution in [3.8, 4) is 0 Å². The van der Waals surface area contributed by atoms with Crippen molar-refractivity contribution in [2.75, 3.05) is 0 Å². The molecular formula is C22H21F6N3O. The number of rotatable bonds is 9. The fourth-order valence-electron chi connectivity index (χ4n) is 2.66. The van der Waals surface area contributed by atoms with Crippen LogP contribution in [0.4, 0.5) is 26.3 Å². The number of hydrogen-bond acceptors (Lipinski definition) is 2. The number of aliphatic hydroxyl groups excluding tert-OH is 1. The summed E-state index contributed by atoms with van der Waals surface area (Å²) in [5.41, 5.74) is 8.24. The highest BCUT2D eigenvalue weighted by molar-refractivity contribution is 5.22. The van der Waals surface area contributed by atoms with Gasteiger partial charge in [0.15, 0.2) is 23.3 Å². The topological polar surface area (TPSA) is 69.0 Å². The van der Waals surface area contributed by atoms with Gasteiger partial charge in [-0.2, -0.15) is 0 Å². The lowest BCUT2D eigenvalue weighted by Crippen LogP contribution is -2.11. The number of benzene rings is 2. The number of azide groups is 1. The van der Waals surface area contributed by atoms with Crippen molar-refractivity contribution >= 4 is 0 Å². The third-order valence-corrected chi connectivity index (χ3v) is 4.18. The molecule has 1 unspecified atom stereocenters. The van der Waals surface area contributed by atoms with E-state index in [2.05, 4.69) is 23.2 Å². The maximum Gasteiger partial charge on any atom is 0.161 e. The minimum Gasteiger partial charge on any atom is -0.392 e. The van der Waals surface area contributed by atoms with Crippen LogP contribution in [0.1, 0.15) is 24.0 Å². The molecule has 10 heteroatoms. The summed E-state index contributed by atoms with van der Waals surface area (Å²) in [6.45, 7) is 6.88. The number of halogens is 6. The Bertz CT molecular complexity index is 992. The molecule has 2 aromatic carbocycles.